The van der Waals surface area contributed by atoms with Gasteiger partial charge in [0.15, 0.2) is 11.5 Å². The molecule has 0 saturated heterocycles. The van der Waals surface area contributed by atoms with Crippen molar-refractivity contribution in [2.45, 2.75) is 26.1 Å². The summed E-state index contributed by atoms with van der Waals surface area (Å²) >= 11 is 0. The summed E-state index contributed by atoms with van der Waals surface area (Å²) in [6.07, 6.45) is -1.56. The second-order valence-corrected chi connectivity index (χ2v) is 9.54. The number of anilines is 2. The molecule has 0 fully saturated rings. The topological polar surface area (TPSA) is 202 Å². The average molecular weight is 612 g/mol. The minimum absolute atomic E-state index is 0.0848. The number of hydrogen-bond acceptors (Lipinski definition) is 9. The van der Waals surface area contributed by atoms with Crippen LogP contribution < -0.4 is 41.4 Å². The Morgan fingerprint density at radius 3 is 1.98 bits per heavy atom. The zero-order valence-corrected chi connectivity index (χ0v) is 24.7. The second-order valence-electron chi connectivity index (χ2n) is 9.54. The summed E-state index contributed by atoms with van der Waals surface area (Å²) in [7, 11) is 1.46. The monoisotopic (exact) mass is 611 g/mol. The lowest BCUT2D eigenvalue weighted by Crippen LogP contribution is -2.35. The Morgan fingerprint density at radius 1 is 0.867 bits per heavy atom. The summed E-state index contributed by atoms with van der Waals surface area (Å²) in [5.41, 5.74) is 8.79. The van der Waals surface area contributed by atoms with E-state index in [1.807, 2.05) is 60.7 Å². The van der Waals surface area contributed by atoms with Gasteiger partial charge in [-0.3, -0.25) is 10.2 Å². The lowest BCUT2D eigenvalue weighted by atomic mass is 10.0. The molecule has 0 saturated carbocycles. The van der Waals surface area contributed by atoms with E-state index >= 15 is 0 Å². The van der Waals surface area contributed by atoms with Gasteiger partial charge in [0, 0.05) is 41.1 Å². The van der Waals surface area contributed by atoms with Crippen LogP contribution in [-0.4, -0.2) is 30.9 Å². The number of amides is 2. The SMILES string of the molecule is CC(=O)[O-].COc1cc(C(Nc2ccc(C(=N)N)cc2)C(=O)NCc2ccccc2)c(NC(=O)[O-])cc1OCc1ccccc1. The van der Waals surface area contributed by atoms with Crippen molar-refractivity contribution in [3.05, 3.63) is 119 Å². The molecule has 4 rings (SSSR count). The number of nitrogens with one attached hydrogen (secondary N) is 4. The van der Waals surface area contributed by atoms with Gasteiger partial charge in [-0.15, -0.1) is 0 Å². The number of benzene rings is 4. The molecular weight excluding hydrogens is 578 g/mol. The van der Waals surface area contributed by atoms with E-state index in [2.05, 4.69) is 16.0 Å². The molecule has 0 spiro atoms. The van der Waals surface area contributed by atoms with E-state index in [1.54, 1.807) is 30.3 Å². The second kappa shape index (κ2) is 16.6. The van der Waals surface area contributed by atoms with Crippen LogP contribution in [0.4, 0.5) is 16.2 Å². The molecule has 234 valence electrons. The molecule has 12 heteroatoms. The summed E-state index contributed by atoms with van der Waals surface area (Å²) in [5, 5.41) is 36.6. The molecule has 0 radical (unpaired) electrons. The number of carbonyl (C=O) groups excluding carboxylic acids is 3. The Balaban J connectivity index is 0.00000130. The third-order valence-electron chi connectivity index (χ3n) is 6.20. The molecule has 0 aliphatic rings. The van der Waals surface area contributed by atoms with Gasteiger partial charge in [0.1, 0.15) is 24.6 Å². The molecule has 0 bridgehead atoms. The van der Waals surface area contributed by atoms with E-state index in [-0.39, 0.29) is 36.0 Å². The normalized spacial score (nSPS) is 10.7. The maximum atomic E-state index is 13.6. The van der Waals surface area contributed by atoms with Gasteiger partial charge in [-0.2, -0.15) is 0 Å². The number of carboxylic acid groups (broad SMARTS) is 2. The highest BCUT2D eigenvalue weighted by atomic mass is 16.5. The molecule has 0 heterocycles. The van der Waals surface area contributed by atoms with E-state index in [1.165, 1.54) is 13.2 Å². The van der Waals surface area contributed by atoms with Crippen LogP contribution in [0.5, 0.6) is 11.5 Å². The first kappa shape index (κ1) is 33.5. The molecule has 12 nitrogen and oxygen atoms in total. The first-order valence-corrected chi connectivity index (χ1v) is 13.6. The molecule has 0 aliphatic heterocycles. The first-order valence-electron chi connectivity index (χ1n) is 13.6. The zero-order chi connectivity index (χ0) is 32.8. The van der Waals surface area contributed by atoms with Crippen LogP contribution >= 0.6 is 0 Å². The minimum atomic E-state index is -1.56. The van der Waals surface area contributed by atoms with Gasteiger partial charge in [0.2, 0.25) is 5.91 Å². The summed E-state index contributed by atoms with van der Waals surface area (Å²) in [6.45, 7) is 1.43. The predicted octanol–water partition coefficient (Wildman–Crippen LogP) is 2.54. The van der Waals surface area contributed by atoms with Crippen molar-refractivity contribution in [3.63, 3.8) is 0 Å². The number of aliphatic carboxylic acids is 1. The van der Waals surface area contributed by atoms with E-state index < -0.39 is 24.0 Å². The molecule has 2 amide bonds. The van der Waals surface area contributed by atoms with Crippen LogP contribution in [0.15, 0.2) is 97.1 Å². The molecule has 0 aliphatic carbocycles. The number of carbonyl (C=O) groups is 3. The largest absolute Gasteiger partial charge is 0.550 e. The lowest BCUT2D eigenvalue weighted by molar-refractivity contribution is -0.302. The van der Waals surface area contributed by atoms with E-state index in [0.29, 0.717) is 17.0 Å². The lowest BCUT2D eigenvalue weighted by Gasteiger charge is -2.25. The van der Waals surface area contributed by atoms with Crippen molar-refractivity contribution in [1.82, 2.24) is 5.32 Å². The van der Waals surface area contributed by atoms with Gasteiger partial charge in [-0.1, -0.05) is 60.7 Å². The van der Waals surface area contributed by atoms with Crippen LogP contribution in [0.25, 0.3) is 0 Å². The molecule has 45 heavy (non-hydrogen) atoms. The van der Waals surface area contributed by atoms with Crippen LogP contribution in [0.3, 0.4) is 0 Å². The molecule has 6 N–H and O–H groups in total. The van der Waals surface area contributed by atoms with Crippen LogP contribution in [0, 0.1) is 5.41 Å². The van der Waals surface area contributed by atoms with Gasteiger partial charge in [0.05, 0.1) is 7.11 Å². The quantitative estimate of drug-likeness (QED) is 0.118. The Morgan fingerprint density at radius 2 is 1.44 bits per heavy atom. The third-order valence-corrected chi connectivity index (χ3v) is 6.20. The Labute approximate surface area is 260 Å². The summed E-state index contributed by atoms with van der Waals surface area (Å²) < 4.78 is 11.5. The van der Waals surface area contributed by atoms with Crippen molar-refractivity contribution in [2.75, 3.05) is 17.7 Å². The number of ether oxygens (including phenoxy) is 2. The van der Waals surface area contributed by atoms with Gasteiger partial charge >= 0.3 is 0 Å². The number of rotatable bonds is 12. The van der Waals surface area contributed by atoms with Gasteiger partial charge in [-0.05, 0) is 48.4 Å². The van der Waals surface area contributed by atoms with E-state index in [9.17, 15) is 14.7 Å². The molecule has 4 aromatic carbocycles. The number of amidine groups is 1. The van der Waals surface area contributed by atoms with Crippen molar-refractivity contribution < 1.29 is 34.1 Å². The number of nitrogen functional groups attached to an aromatic ring is 1. The number of hydrogen-bond donors (Lipinski definition) is 5. The zero-order valence-electron chi connectivity index (χ0n) is 24.7. The molecular formula is C33H33N5O7-2. The molecule has 4 aromatic rings. The van der Waals surface area contributed by atoms with Gasteiger partial charge in [-0.25, -0.2) is 0 Å². The highest BCUT2D eigenvalue weighted by Gasteiger charge is 2.26. The summed E-state index contributed by atoms with van der Waals surface area (Å²) in [6, 6.07) is 27.4. The van der Waals surface area contributed by atoms with Crippen molar-refractivity contribution in [3.8, 4) is 11.5 Å². The molecule has 1 unspecified atom stereocenters. The van der Waals surface area contributed by atoms with Crippen LogP contribution in [-0.2, 0) is 22.7 Å². The molecule has 1 atom stereocenters. The smallest absolute Gasteiger partial charge is 0.247 e. The number of methoxy groups -OCH3 is 1. The standard InChI is InChI=1S/C31H31N5O5.C2H4O2/c1-40-26-16-24(25(36-31(38)39)17-27(26)41-19-21-10-6-3-7-11-21)28(30(37)34-18-20-8-4-2-5-9-20)35-23-14-12-22(13-15-23)29(32)33;1-2(3)4/h2-17,28,35-36H,18-19H2,1H3,(H3,32,33)(H,34,37)(H,38,39);1H3,(H,3,4)/p-2. The van der Waals surface area contributed by atoms with Crippen LogP contribution in [0.1, 0.15) is 35.2 Å². The van der Waals surface area contributed by atoms with Crippen molar-refractivity contribution in [2.24, 2.45) is 5.73 Å². The third kappa shape index (κ3) is 10.6. The highest BCUT2D eigenvalue weighted by molar-refractivity contribution is 5.95. The van der Waals surface area contributed by atoms with E-state index in [0.717, 1.165) is 18.1 Å². The highest BCUT2D eigenvalue weighted by Crippen LogP contribution is 2.38. The van der Waals surface area contributed by atoms with Gasteiger partial charge in [0.25, 0.3) is 0 Å². The maximum absolute atomic E-state index is 13.6. The fourth-order valence-corrected chi connectivity index (χ4v) is 4.12. The van der Waals surface area contributed by atoms with Crippen molar-refractivity contribution >= 4 is 35.2 Å². The van der Waals surface area contributed by atoms with Crippen molar-refractivity contribution in [1.29, 1.82) is 5.41 Å². The Hall–Kier alpha value is -6.04. The maximum Gasteiger partial charge on any atom is 0.247 e. The number of carboxylic acids is 1. The molecule has 0 aromatic heterocycles. The van der Waals surface area contributed by atoms with E-state index in [4.69, 9.17) is 30.5 Å². The Bertz CT molecular complexity index is 1590. The first-order chi connectivity index (χ1) is 21.6. The van der Waals surface area contributed by atoms with Gasteiger partial charge < -0.3 is 51.0 Å². The summed E-state index contributed by atoms with van der Waals surface area (Å²) in [5.74, 6) is -1.02. The Kier molecular flexibility index (Phi) is 12.3. The minimum Gasteiger partial charge on any atom is -0.550 e. The summed E-state index contributed by atoms with van der Waals surface area (Å²) in [4.78, 5) is 34.2. The fraction of sp³-hybridized carbons (Fsp3) is 0.152. The average Bonchev–Trinajstić information content (AvgIpc) is 3.02. The predicted molar refractivity (Wildman–Crippen MR) is 166 cm³/mol. The number of nitrogens with two attached hydrogens (primary N) is 1. The van der Waals surface area contributed by atoms with Crippen LogP contribution in [0.2, 0.25) is 0 Å². The fourth-order valence-electron chi connectivity index (χ4n) is 4.12.